The van der Waals surface area contributed by atoms with Crippen molar-refractivity contribution in [2.75, 3.05) is 6.61 Å². The minimum Gasteiger partial charge on any atom is -0.478 e. The predicted molar refractivity (Wildman–Crippen MR) is 74.6 cm³/mol. The highest BCUT2D eigenvalue weighted by atomic mass is 35.5. The van der Waals surface area contributed by atoms with Crippen molar-refractivity contribution in [3.05, 3.63) is 34.3 Å². The zero-order valence-corrected chi connectivity index (χ0v) is 11.7. The van der Waals surface area contributed by atoms with Gasteiger partial charge in [0, 0.05) is 11.6 Å². The number of benzene rings is 1. The number of rotatable bonds is 5. The van der Waals surface area contributed by atoms with E-state index in [1.54, 1.807) is 12.1 Å². The van der Waals surface area contributed by atoms with Gasteiger partial charge in [0.05, 0.1) is 12.2 Å². The van der Waals surface area contributed by atoms with Crippen molar-refractivity contribution in [2.24, 2.45) is 5.92 Å². The summed E-state index contributed by atoms with van der Waals surface area (Å²) in [5, 5.41) is 9.32. The number of carboxylic acids is 1. The fraction of sp³-hybridized carbons (Fsp3) is 0.533. The second kappa shape index (κ2) is 6.92. The molecule has 0 bridgehead atoms. The molecule has 0 aliphatic heterocycles. The van der Waals surface area contributed by atoms with Crippen LogP contribution < -0.4 is 0 Å². The van der Waals surface area contributed by atoms with Gasteiger partial charge in [-0.2, -0.15) is 0 Å². The maximum Gasteiger partial charge on any atom is 0.335 e. The van der Waals surface area contributed by atoms with Gasteiger partial charge in [0.25, 0.3) is 0 Å². The van der Waals surface area contributed by atoms with E-state index in [-0.39, 0.29) is 5.56 Å². The highest BCUT2D eigenvalue weighted by Crippen LogP contribution is 2.25. The summed E-state index contributed by atoms with van der Waals surface area (Å²) in [5.74, 6) is -0.289. The minimum absolute atomic E-state index is 0.209. The van der Waals surface area contributed by atoms with E-state index in [1.165, 1.54) is 38.2 Å². The predicted octanol–water partition coefficient (Wildman–Crippen LogP) is 4.14. The van der Waals surface area contributed by atoms with Gasteiger partial charge in [0.2, 0.25) is 0 Å². The zero-order chi connectivity index (χ0) is 13.7. The Morgan fingerprint density at radius 2 is 2.05 bits per heavy atom. The van der Waals surface area contributed by atoms with Crippen LogP contribution >= 0.6 is 11.6 Å². The van der Waals surface area contributed by atoms with Crippen LogP contribution in [0.1, 0.15) is 48.0 Å². The largest absolute Gasteiger partial charge is 0.478 e. The third-order valence-electron chi connectivity index (χ3n) is 3.64. The van der Waals surface area contributed by atoms with Crippen molar-refractivity contribution in [2.45, 2.75) is 38.7 Å². The van der Waals surface area contributed by atoms with Crippen molar-refractivity contribution >= 4 is 17.6 Å². The van der Waals surface area contributed by atoms with Crippen LogP contribution in [-0.4, -0.2) is 17.7 Å². The van der Waals surface area contributed by atoms with Crippen LogP contribution in [0, 0.1) is 5.92 Å². The van der Waals surface area contributed by atoms with Crippen LogP contribution in [0.25, 0.3) is 0 Å². The van der Waals surface area contributed by atoms with Gasteiger partial charge in [0.1, 0.15) is 0 Å². The number of hydrogen-bond donors (Lipinski definition) is 1. The van der Waals surface area contributed by atoms with Crippen LogP contribution in [0.4, 0.5) is 0 Å². The molecule has 0 spiro atoms. The molecule has 0 saturated heterocycles. The van der Waals surface area contributed by atoms with Gasteiger partial charge in [-0.15, -0.1) is 0 Å². The summed E-state index contributed by atoms with van der Waals surface area (Å²) in [7, 11) is 0. The van der Waals surface area contributed by atoms with Gasteiger partial charge in [-0.25, -0.2) is 4.79 Å². The summed E-state index contributed by atoms with van der Waals surface area (Å²) in [4.78, 5) is 10.8. The molecular formula is C15H19ClO3. The molecule has 1 saturated carbocycles. The number of carbonyl (C=O) groups is 1. The van der Waals surface area contributed by atoms with Crippen molar-refractivity contribution in [1.29, 1.82) is 0 Å². The third-order valence-corrected chi connectivity index (χ3v) is 3.99. The first kappa shape index (κ1) is 14.4. The molecule has 0 unspecified atom stereocenters. The summed E-state index contributed by atoms with van der Waals surface area (Å²) in [6.07, 6.45) is 6.47. The molecule has 19 heavy (non-hydrogen) atoms. The highest BCUT2D eigenvalue weighted by molar-refractivity contribution is 6.31. The average Bonchev–Trinajstić information content (AvgIpc) is 2.41. The molecule has 1 N–H and O–H groups in total. The summed E-state index contributed by atoms with van der Waals surface area (Å²) in [5.41, 5.74) is 1.06. The molecule has 0 aromatic heterocycles. The van der Waals surface area contributed by atoms with Crippen molar-refractivity contribution in [3.63, 3.8) is 0 Å². The summed E-state index contributed by atoms with van der Waals surface area (Å²) in [6.45, 7) is 1.23. The fourth-order valence-electron chi connectivity index (χ4n) is 2.49. The topological polar surface area (TPSA) is 46.5 Å². The van der Waals surface area contributed by atoms with Crippen LogP contribution in [0.15, 0.2) is 18.2 Å². The fourth-order valence-corrected chi connectivity index (χ4v) is 2.72. The molecule has 104 valence electrons. The van der Waals surface area contributed by atoms with E-state index in [0.717, 1.165) is 12.2 Å². The summed E-state index contributed by atoms with van der Waals surface area (Å²) in [6, 6.07) is 4.77. The molecule has 1 aromatic carbocycles. The van der Waals surface area contributed by atoms with Gasteiger partial charge in [-0.3, -0.25) is 0 Å². The van der Waals surface area contributed by atoms with Gasteiger partial charge >= 0.3 is 5.97 Å². The zero-order valence-electron chi connectivity index (χ0n) is 10.9. The third kappa shape index (κ3) is 4.22. The Morgan fingerprint density at radius 3 is 2.68 bits per heavy atom. The lowest BCUT2D eigenvalue weighted by molar-refractivity contribution is 0.0694. The van der Waals surface area contributed by atoms with Gasteiger partial charge < -0.3 is 9.84 Å². The number of carboxylic acid groups (broad SMARTS) is 1. The average molecular weight is 283 g/mol. The molecule has 4 heteroatoms. The normalized spacial score (nSPS) is 16.5. The Hall–Kier alpha value is -1.06. The number of aromatic carboxylic acids is 1. The van der Waals surface area contributed by atoms with E-state index in [1.807, 2.05) is 0 Å². The summed E-state index contributed by atoms with van der Waals surface area (Å²) < 4.78 is 5.71. The van der Waals surface area contributed by atoms with E-state index >= 15 is 0 Å². The highest BCUT2D eigenvalue weighted by Gasteiger charge is 2.14. The lowest BCUT2D eigenvalue weighted by Crippen LogP contribution is -2.13. The number of halogens is 1. The quantitative estimate of drug-likeness (QED) is 0.883. The summed E-state index contributed by atoms with van der Waals surface area (Å²) >= 11 is 6.05. The Bertz CT molecular complexity index is 439. The molecule has 1 aromatic rings. The van der Waals surface area contributed by atoms with Crippen LogP contribution in [-0.2, 0) is 11.3 Å². The molecule has 0 amide bonds. The SMILES string of the molecule is O=C(O)c1ccc(COCC2CCCCC2)c(Cl)c1. The smallest absolute Gasteiger partial charge is 0.335 e. The molecule has 0 radical (unpaired) electrons. The van der Waals surface area contributed by atoms with Crippen LogP contribution in [0.5, 0.6) is 0 Å². The monoisotopic (exact) mass is 282 g/mol. The van der Waals surface area contributed by atoms with E-state index in [0.29, 0.717) is 17.5 Å². The molecule has 1 aliphatic rings. The van der Waals surface area contributed by atoms with E-state index < -0.39 is 5.97 Å². The number of hydrogen-bond acceptors (Lipinski definition) is 2. The molecule has 3 nitrogen and oxygen atoms in total. The van der Waals surface area contributed by atoms with Crippen molar-refractivity contribution < 1.29 is 14.6 Å². The van der Waals surface area contributed by atoms with E-state index in [9.17, 15) is 4.79 Å². The Kier molecular flexibility index (Phi) is 5.23. The maximum atomic E-state index is 10.8. The molecule has 2 rings (SSSR count). The standard InChI is InChI=1S/C15H19ClO3/c16-14-8-12(15(17)18)6-7-13(14)10-19-9-11-4-2-1-3-5-11/h6-8,11H,1-5,9-10H2,(H,17,18). The second-order valence-corrected chi connectivity index (χ2v) is 5.54. The first-order chi connectivity index (χ1) is 9.16. The van der Waals surface area contributed by atoms with Gasteiger partial charge in [0.15, 0.2) is 0 Å². The molecular weight excluding hydrogens is 264 g/mol. The number of ether oxygens (including phenoxy) is 1. The minimum atomic E-state index is -0.962. The van der Waals surface area contributed by atoms with Crippen LogP contribution in [0.2, 0.25) is 5.02 Å². The Morgan fingerprint density at radius 1 is 1.32 bits per heavy atom. The van der Waals surface area contributed by atoms with E-state index in [2.05, 4.69) is 0 Å². The second-order valence-electron chi connectivity index (χ2n) is 5.13. The van der Waals surface area contributed by atoms with Crippen molar-refractivity contribution in [1.82, 2.24) is 0 Å². The Balaban J connectivity index is 1.83. The first-order valence-corrected chi connectivity index (χ1v) is 7.14. The van der Waals surface area contributed by atoms with Gasteiger partial charge in [-0.1, -0.05) is 36.9 Å². The molecule has 1 aliphatic carbocycles. The lowest BCUT2D eigenvalue weighted by Gasteiger charge is -2.21. The molecule has 1 fully saturated rings. The first-order valence-electron chi connectivity index (χ1n) is 6.76. The Labute approximate surface area is 118 Å². The van der Waals surface area contributed by atoms with E-state index in [4.69, 9.17) is 21.4 Å². The van der Waals surface area contributed by atoms with Crippen molar-refractivity contribution in [3.8, 4) is 0 Å². The van der Waals surface area contributed by atoms with Crippen LogP contribution in [0.3, 0.4) is 0 Å². The molecule has 0 heterocycles. The maximum absolute atomic E-state index is 10.8. The lowest BCUT2D eigenvalue weighted by atomic mass is 9.90. The molecule has 0 atom stereocenters. The van der Waals surface area contributed by atoms with Gasteiger partial charge in [-0.05, 0) is 36.5 Å².